The average molecular weight is 266 g/mol. The van der Waals surface area contributed by atoms with E-state index in [4.69, 9.17) is 0 Å². The molecule has 2 amide bonds. The fourth-order valence-electron chi connectivity index (χ4n) is 2.88. The summed E-state index contributed by atoms with van der Waals surface area (Å²) >= 11 is 0. The van der Waals surface area contributed by atoms with Crippen molar-refractivity contribution in [1.82, 2.24) is 9.80 Å². The summed E-state index contributed by atoms with van der Waals surface area (Å²) in [6, 6.07) is 0. The molecule has 1 saturated carbocycles. The molecule has 1 heterocycles. The average Bonchev–Trinajstić information content (AvgIpc) is 2.43. The van der Waals surface area contributed by atoms with E-state index >= 15 is 0 Å². The standard InChI is InChI=1S/C14H22N2O3/c1-2-15-9-14(19)16(10-13(15)18)8-12(17)11-6-4-3-5-7-11/h11H,2-10H2,1H3. The van der Waals surface area contributed by atoms with Crippen molar-refractivity contribution in [2.24, 2.45) is 5.92 Å². The second-order valence-electron chi connectivity index (χ2n) is 5.46. The summed E-state index contributed by atoms with van der Waals surface area (Å²) in [5, 5.41) is 0. The van der Waals surface area contributed by atoms with Gasteiger partial charge in [0.2, 0.25) is 11.8 Å². The van der Waals surface area contributed by atoms with Crippen LogP contribution in [0.1, 0.15) is 39.0 Å². The summed E-state index contributed by atoms with van der Waals surface area (Å²) < 4.78 is 0. The van der Waals surface area contributed by atoms with Crippen LogP contribution in [0.25, 0.3) is 0 Å². The maximum absolute atomic E-state index is 12.2. The molecule has 19 heavy (non-hydrogen) atoms. The lowest BCUT2D eigenvalue weighted by molar-refractivity contribution is -0.151. The Labute approximate surface area is 113 Å². The number of carbonyl (C=O) groups is 3. The van der Waals surface area contributed by atoms with Crippen LogP contribution in [0.3, 0.4) is 0 Å². The molecule has 5 heteroatoms. The highest BCUT2D eigenvalue weighted by molar-refractivity contribution is 5.95. The third-order valence-corrected chi connectivity index (χ3v) is 4.15. The maximum Gasteiger partial charge on any atom is 0.243 e. The SMILES string of the molecule is CCN1CC(=O)N(CC(=O)C2CCCCC2)CC1=O. The minimum absolute atomic E-state index is 0.0569. The number of carbonyl (C=O) groups excluding carboxylic acids is 3. The van der Waals surface area contributed by atoms with E-state index in [0.717, 1.165) is 25.7 Å². The number of likely N-dealkylation sites (N-methyl/N-ethyl adjacent to an activating group) is 1. The van der Waals surface area contributed by atoms with Crippen molar-refractivity contribution >= 4 is 17.6 Å². The van der Waals surface area contributed by atoms with E-state index in [1.807, 2.05) is 6.92 Å². The number of hydrogen-bond acceptors (Lipinski definition) is 3. The van der Waals surface area contributed by atoms with Crippen molar-refractivity contribution in [3.05, 3.63) is 0 Å². The Morgan fingerprint density at radius 3 is 2.26 bits per heavy atom. The Morgan fingerprint density at radius 2 is 1.63 bits per heavy atom. The molecule has 0 aromatic carbocycles. The van der Waals surface area contributed by atoms with Crippen molar-refractivity contribution in [3.63, 3.8) is 0 Å². The molecule has 1 saturated heterocycles. The molecule has 0 bridgehead atoms. The topological polar surface area (TPSA) is 57.7 Å². The second kappa shape index (κ2) is 6.17. The van der Waals surface area contributed by atoms with E-state index in [0.29, 0.717) is 6.54 Å². The van der Waals surface area contributed by atoms with Crippen LogP contribution in [0.2, 0.25) is 0 Å². The first-order chi connectivity index (χ1) is 9.11. The summed E-state index contributed by atoms with van der Waals surface area (Å²) in [7, 11) is 0. The van der Waals surface area contributed by atoms with E-state index in [-0.39, 0.29) is 43.1 Å². The Kier molecular flexibility index (Phi) is 4.56. The van der Waals surface area contributed by atoms with E-state index in [1.54, 1.807) is 0 Å². The first-order valence-electron chi connectivity index (χ1n) is 7.20. The minimum atomic E-state index is -0.106. The molecule has 106 valence electrons. The minimum Gasteiger partial charge on any atom is -0.332 e. The smallest absolute Gasteiger partial charge is 0.243 e. The zero-order valence-corrected chi connectivity index (χ0v) is 11.6. The zero-order valence-electron chi connectivity index (χ0n) is 11.6. The number of nitrogens with zero attached hydrogens (tertiary/aromatic N) is 2. The zero-order chi connectivity index (χ0) is 13.8. The fourth-order valence-corrected chi connectivity index (χ4v) is 2.88. The lowest BCUT2D eigenvalue weighted by Gasteiger charge is -2.33. The van der Waals surface area contributed by atoms with Crippen molar-refractivity contribution in [2.45, 2.75) is 39.0 Å². The van der Waals surface area contributed by atoms with E-state index < -0.39 is 0 Å². The molecule has 0 unspecified atom stereocenters. The van der Waals surface area contributed by atoms with Crippen LogP contribution in [0.4, 0.5) is 0 Å². The Bertz CT molecular complexity index is 375. The highest BCUT2D eigenvalue weighted by Gasteiger charge is 2.31. The molecule has 2 aliphatic rings. The van der Waals surface area contributed by atoms with Gasteiger partial charge in [-0.2, -0.15) is 0 Å². The highest BCUT2D eigenvalue weighted by Crippen LogP contribution is 2.24. The van der Waals surface area contributed by atoms with Crippen LogP contribution in [-0.2, 0) is 14.4 Å². The van der Waals surface area contributed by atoms with Crippen molar-refractivity contribution in [2.75, 3.05) is 26.2 Å². The molecule has 2 rings (SSSR count). The predicted molar refractivity (Wildman–Crippen MR) is 70.4 cm³/mol. The molecule has 1 aliphatic heterocycles. The first-order valence-corrected chi connectivity index (χ1v) is 7.20. The quantitative estimate of drug-likeness (QED) is 0.757. The van der Waals surface area contributed by atoms with Gasteiger partial charge in [0.05, 0.1) is 13.1 Å². The summed E-state index contributed by atoms with van der Waals surface area (Å²) in [6.07, 6.45) is 5.29. The van der Waals surface area contributed by atoms with Crippen molar-refractivity contribution < 1.29 is 14.4 Å². The van der Waals surface area contributed by atoms with Crippen LogP contribution in [0.15, 0.2) is 0 Å². The molecule has 0 aromatic heterocycles. The molecular weight excluding hydrogens is 244 g/mol. The molecule has 0 radical (unpaired) electrons. The molecule has 2 fully saturated rings. The van der Waals surface area contributed by atoms with E-state index in [2.05, 4.69) is 0 Å². The van der Waals surface area contributed by atoms with Gasteiger partial charge in [0.1, 0.15) is 6.54 Å². The van der Waals surface area contributed by atoms with Gasteiger partial charge in [-0.1, -0.05) is 19.3 Å². The van der Waals surface area contributed by atoms with Gasteiger partial charge >= 0.3 is 0 Å². The van der Waals surface area contributed by atoms with Crippen molar-refractivity contribution in [3.8, 4) is 0 Å². The molecular formula is C14H22N2O3. The van der Waals surface area contributed by atoms with Gasteiger partial charge in [0.25, 0.3) is 0 Å². The van der Waals surface area contributed by atoms with Crippen LogP contribution in [-0.4, -0.2) is 53.6 Å². The normalized spacial score (nSPS) is 21.9. The number of hydrogen-bond donors (Lipinski definition) is 0. The van der Waals surface area contributed by atoms with E-state index in [1.165, 1.54) is 16.2 Å². The number of piperazine rings is 1. The summed E-state index contributed by atoms with van der Waals surface area (Å²) in [4.78, 5) is 38.8. The third kappa shape index (κ3) is 3.33. The van der Waals surface area contributed by atoms with E-state index in [9.17, 15) is 14.4 Å². The fraction of sp³-hybridized carbons (Fsp3) is 0.786. The van der Waals surface area contributed by atoms with Gasteiger partial charge in [0, 0.05) is 12.5 Å². The van der Waals surface area contributed by atoms with Crippen LogP contribution in [0.5, 0.6) is 0 Å². The first kappa shape index (κ1) is 14.0. The predicted octanol–water partition coefficient (Wildman–Crippen LogP) is 0.826. The van der Waals surface area contributed by atoms with Gasteiger partial charge in [-0.25, -0.2) is 0 Å². The van der Waals surface area contributed by atoms with Crippen molar-refractivity contribution in [1.29, 1.82) is 0 Å². The molecule has 0 spiro atoms. The Balaban J connectivity index is 1.89. The number of Topliss-reactive ketones (excluding diaryl/α,β-unsaturated/α-hetero) is 1. The van der Waals surface area contributed by atoms with Crippen LogP contribution < -0.4 is 0 Å². The van der Waals surface area contributed by atoms with Gasteiger partial charge in [-0.15, -0.1) is 0 Å². The number of ketones is 1. The molecule has 0 aromatic rings. The summed E-state index contributed by atoms with van der Waals surface area (Å²) in [6.45, 7) is 2.70. The summed E-state index contributed by atoms with van der Waals surface area (Å²) in [5.41, 5.74) is 0. The van der Waals surface area contributed by atoms with Gasteiger partial charge in [-0.3, -0.25) is 14.4 Å². The van der Waals surface area contributed by atoms with Gasteiger partial charge in [0.15, 0.2) is 5.78 Å². The lowest BCUT2D eigenvalue weighted by atomic mass is 9.86. The third-order valence-electron chi connectivity index (χ3n) is 4.15. The number of rotatable bonds is 4. The second-order valence-corrected chi connectivity index (χ2v) is 5.46. The Hall–Kier alpha value is -1.39. The molecule has 0 atom stereocenters. The van der Waals surface area contributed by atoms with Gasteiger partial charge in [-0.05, 0) is 19.8 Å². The highest BCUT2D eigenvalue weighted by atomic mass is 16.2. The lowest BCUT2D eigenvalue weighted by Crippen LogP contribution is -2.55. The number of amides is 2. The maximum atomic E-state index is 12.2. The molecule has 1 aliphatic carbocycles. The van der Waals surface area contributed by atoms with Crippen LogP contribution in [0, 0.1) is 5.92 Å². The Morgan fingerprint density at radius 1 is 1.05 bits per heavy atom. The molecule has 0 N–H and O–H groups in total. The van der Waals surface area contributed by atoms with Crippen LogP contribution >= 0.6 is 0 Å². The molecule has 5 nitrogen and oxygen atoms in total. The monoisotopic (exact) mass is 266 g/mol. The largest absolute Gasteiger partial charge is 0.332 e. The van der Waals surface area contributed by atoms with Gasteiger partial charge < -0.3 is 9.80 Å². The summed E-state index contributed by atoms with van der Waals surface area (Å²) in [5.74, 6) is 0.0656.